The van der Waals surface area contributed by atoms with Gasteiger partial charge in [0.2, 0.25) is 16.0 Å². The molecule has 0 saturated carbocycles. The largest absolute Gasteiger partial charge is 0.430 e. The SMILES string of the molecule is O=S(=O)(c1cc(Br)ccc1S)N1CCN(c2ncc(C(O)(C(F)(F)F)C(F)(F)F)cn2)[C@@H](CC2CCOCC2)C1. The summed E-state index contributed by atoms with van der Waals surface area (Å²) in [5.74, 6) is -0.0445. The highest BCUT2D eigenvalue weighted by atomic mass is 79.9. The van der Waals surface area contributed by atoms with Crippen molar-refractivity contribution in [1.29, 1.82) is 0 Å². The highest BCUT2D eigenvalue weighted by Gasteiger charge is 2.71. The van der Waals surface area contributed by atoms with E-state index in [-0.39, 0.29) is 41.3 Å². The van der Waals surface area contributed by atoms with Crippen LogP contribution in [-0.2, 0) is 20.4 Å². The van der Waals surface area contributed by atoms with E-state index in [2.05, 4.69) is 38.5 Å². The maximum absolute atomic E-state index is 13.5. The molecule has 2 aromatic rings. The van der Waals surface area contributed by atoms with Gasteiger partial charge < -0.3 is 14.7 Å². The molecular formula is C23H25BrF6N4O4S2. The van der Waals surface area contributed by atoms with Gasteiger partial charge in [-0.2, -0.15) is 30.6 Å². The van der Waals surface area contributed by atoms with Crippen molar-refractivity contribution >= 4 is 44.5 Å². The molecule has 0 spiro atoms. The zero-order valence-electron chi connectivity index (χ0n) is 20.7. The van der Waals surface area contributed by atoms with Gasteiger partial charge in [0.25, 0.3) is 5.60 Å². The van der Waals surface area contributed by atoms with Gasteiger partial charge in [-0.25, -0.2) is 18.4 Å². The summed E-state index contributed by atoms with van der Waals surface area (Å²) in [7, 11) is -4.00. The summed E-state index contributed by atoms with van der Waals surface area (Å²) in [6.07, 6.45) is -9.68. The monoisotopic (exact) mass is 678 g/mol. The maximum atomic E-state index is 13.5. The summed E-state index contributed by atoms with van der Waals surface area (Å²) in [5.41, 5.74) is -6.73. The summed E-state index contributed by atoms with van der Waals surface area (Å²) in [5, 5.41) is 9.66. The summed E-state index contributed by atoms with van der Waals surface area (Å²) < 4.78 is 114. The standard InChI is InChI=1S/C23H25BrF6N4O4S2/c24-16-1-2-18(39)19(10-16)40(36,37)33-5-6-34(17(13-33)9-14-3-7-38-8-4-14)20-31-11-15(12-32-20)21(35,22(25,26)27)23(28,29)30/h1-2,10-12,14,17,35,39H,3-9,13H2/t17-/m0/s1. The quantitative estimate of drug-likeness (QED) is 0.342. The van der Waals surface area contributed by atoms with Crippen molar-refractivity contribution in [3.63, 3.8) is 0 Å². The zero-order valence-corrected chi connectivity index (χ0v) is 24.0. The first-order valence-corrected chi connectivity index (χ1v) is 14.7. The summed E-state index contributed by atoms with van der Waals surface area (Å²) >= 11 is 7.55. The lowest BCUT2D eigenvalue weighted by Crippen LogP contribution is -2.56. The molecule has 2 aliphatic heterocycles. The number of rotatable bonds is 6. The van der Waals surface area contributed by atoms with Crippen LogP contribution in [0.5, 0.6) is 0 Å². The van der Waals surface area contributed by atoms with Crippen LogP contribution in [0.2, 0.25) is 0 Å². The summed E-state index contributed by atoms with van der Waals surface area (Å²) in [6.45, 7) is 0.968. The average molecular weight is 680 g/mol. The number of aliphatic hydroxyl groups is 1. The number of hydrogen-bond donors (Lipinski definition) is 2. The molecule has 17 heteroatoms. The third-order valence-electron chi connectivity index (χ3n) is 7.06. The van der Waals surface area contributed by atoms with Crippen molar-refractivity contribution < 1.29 is 44.6 Å². The number of piperazine rings is 1. The van der Waals surface area contributed by atoms with E-state index in [1.807, 2.05) is 0 Å². The van der Waals surface area contributed by atoms with Gasteiger partial charge in [-0.3, -0.25) is 0 Å². The van der Waals surface area contributed by atoms with Crippen LogP contribution >= 0.6 is 28.6 Å². The smallest absolute Gasteiger partial charge is 0.381 e. The zero-order chi connectivity index (χ0) is 29.5. The number of hydrogen-bond acceptors (Lipinski definition) is 8. The number of sulfonamides is 1. The normalized spacial score (nSPS) is 20.6. The number of benzene rings is 1. The summed E-state index contributed by atoms with van der Waals surface area (Å²) in [4.78, 5) is 9.32. The first kappa shape index (κ1) is 31.3. The van der Waals surface area contributed by atoms with E-state index in [0.717, 1.165) is 0 Å². The Morgan fingerprint density at radius 3 is 2.23 bits per heavy atom. The van der Waals surface area contributed by atoms with Crippen LogP contribution in [0, 0.1) is 5.92 Å². The number of nitrogens with zero attached hydrogens (tertiary/aromatic N) is 4. The molecule has 4 rings (SSSR count). The number of halogens is 7. The minimum absolute atomic E-state index is 0.0114. The fourth-order valence-corrected chi connectivity index (χ4v) is 7.43. The predicted octanol–water partition coefficient (Wildman–Crippen LogP) is 4.54. The van der Waals surface area contributed by atoms with Crippen molar-refractivity contribution in [3.05, 3.63) is 40.6 Å². The average Bonchev–Trinajstić information content (AvgIpc) is 2.89. The molecule has 0 amide bonds. The van der Waals surface area contributed by atoms with E-state index in [1.165, 1.54) is 16.4 Å². The van der Waals surface area contributed by atoms with Crippen LogP contribution in [0.1, 0.15) is 24.8 Å². The highest BCUT2D eigenvalue weighted by Crippen LogP contribution is 2.49. The van der Waals surface area contributed by atoms with Gasteiger partial charge in [-0.1, -0.05) is 15.9 Å². The van der Waals surface area contributed by atoms with E-state index in [4.69, 9.17) is 4.74 Å². The van der Waals surface area contributed by atoms with Gasteiger partial charge in [0.05, 0.1) is 4.90 Å². The molecule has 2 aliphatic rings. The van der Waals surface area contributed by atoms with Crippen LogP contribution in [0.4, 0.5) is 32.3 Å². The minimum atomic E-state index is -6.07. The Morgan fingerprint density at radius 2 is 1.65 bits per heavy atom. The van der Waals surface area contributed by atoms with Crippen LogP contribution in [0.15, 0.2) is 44.9 Å². The lowest BCUT2D eigenvalue weighted by Gasteiger charge is -2.42. The van der Waals surface area contributed by atoms with E-state index >= 15 is 0 Å². The van der Waals surface area contributed by atoms with E-state index in [9.17, 15) is 39.9 Å². The second kappa shape index (κ2) is 11.6. The van der Waals surface area contributed by atoms with E-state index in [0.29, 0.717) is 49.3 Å². The number of anilines is 1. The first-order valence-electron chi connectivity index (χ1n) is 12.1. The lowest BCUT2D eigenvalue weighted by atomic mass is 9.91. The van der Waals surface area contributed by atoms with Gasteiger partial charge in [0.1, 0.15) is 0 Å². The molecule has 40 heavy (non-hydrogen) atoms. The van der Waals surface area contributed by atoms with Crippen LogP contribution < -0.4 is 4.90 Å². The van der Waals surface area contributed by atoms with Crippen LogP contribution in [-0.4, -0.2) is 79.0 Å². The van der Waals surface area contributed by atoms with Crippen molar-refractivity contribution in [2.45, 2.75) is 53.0 Å². The predicted molar refractivity (Wildman–Crippen MR) is 137 cm³/mol. The second-order valence-corrected chi connectivity index (χ2v) is 12.9. The molecule has 1 aromatic carbocycles. The molecule has 0 aliphatic carbocycles. The lowest BCUT2D eigenvalue weighted by molar-refractivity contribution is -0.376. The number of ether oxygens (including phenoxy) is 1. The van der Waals surface area contributed by atoms with Gasteiger partial charge in [0.15, 0.2) is 0 Å². The first-order chi connectivity index (χ1) is 18.6. The third-order valence-corrected chi connectivity index (χ3v) is 10.0. The molecule has 2 saturated heterocycles. The topological polar surface area (TPSA) is 95.9 Å². The number of thiol groups is 1. The van der Waals surface area contributed by atoms with Crippen molar-refractivity contribution in [3.8, 4) is 0 Å². The Morgan fingerprint density at radius 1 is 1.05 bits per heavy atom. The molecule has 222 valence electrons. The Labute approximate surface area is 240 Å². The van der Waals surface area contributed by atoms with Crippen molar-refractivity contribution in [2.75, 3.05) is 37.7 Å². The van der Waals surface area contributed by atoms with Gasteiger partial charge >= 0.3 is 12.4 Å². The Bertz CT molecular complexity index is 1290. The Hall–Kier alpha value is -1.66. The van der Waals surface area contributed by atoms with Crippen LogP contribution in [0.3, 0.4) is 0 Å². The fourth-order valence-electron chi connectivity index (χ4n) is 4.86. The molecule has 1 N–H and O–H groups in total. The highest BCUT2D eigenvalue weighted by molar-refractivity contribution is 9.10. The third kappa shape index (κ3) is 6.09. The summed E-state index contributed by atoms with van der Waals surface area (Å²) in [6, 6.07) is 4.07. The molecule has 2 fully saturated rings. The van der Waals surface area contributed by atoms with Crippen molar-refractivity contribution in [2.24, 2.45) is 5.92 Å². The van der Waals surface area contributed by atoms with E-state index < -0.39 is 39.6 Å². The number of alkyl halides is 6. The molecule has 3 heterocycles. The van der Waals surface area contributed by atoms with Gasteiger partial charge in [-0.05, 0) is 43.4 Å². The van der Waals surface area contributed by atoms with Crippen molar-refractivity contribution in [1.82, 2.24) is 14.3 Å². The molecular weight excluding hydrogens is 654 g/mol. The molecule has 1 aromatic heterocycles. The molecule has 0 unspecified atom stereocenters. The van der Waals surface area contributed by atoms with Crippen LogP contribution in [0.25, 0.3) is 0 Å². The Balaban J connectivity index is 1.65. The molecule has 0 radical (unpaired) electrons. The fraction of sp³-hybridized carbons (Fsp3) is 0.565. The van der Waals surface area contributed by atoms with Gasteiger partial charge in [0, 0.05) is 66.2 Å². The maximum Gasteiger partial charge on any atom is 0.430 e. The van der Waals surface area contributed by atoms with E-state index in [1.54, 1.807) is 11.0 Å². The molecule has 8 nitrogen and oxygen atoms in total. The second-order valence-electron chi connectivity index (χ2n) is 9.59. The Kier molecular flexibility index (Phi) is 9.03. The molecule has 0 bridgehead atoms. The minimum Gasteiger partial charge on any atom is -0.381 e. The van der Waals surface area contributed by atoms with Gasteiger partial charge in [-0.15, -0.1) is 12.6 Å². The number of aromatic nitrogens is 2. The molecule has 1 atom stereocenters.